The quantitative estimate of drug-likeness (QED) is 0.947. The van der Waals surface area contributed by atoms with Crippen LogP contribution in [-0.2, 0) is 4.79 Å². The minimum Gasteiger partial charge on any atom is -0.459 e. The highest BCUT2D eigenvalue weighted by Gasteiger charge is 2.30. The van der Waals surface area contributed by atoms with Gasteiger partial charge < -0.3 is 14.6 Å². The molecule has 1 aliphatic rings. The number of hydrogen-bond acceptors (Lipinski definition) is 3. The monoisotopic (exact) mass is 312 g/mol. The number of likely N-dealkylation sites (tertiary alicyclic amines) is 1. The van der Waals surface area contributed by atoms with Gasteiger partial charge in [-0.2, -0.15) is 0 Å². The van der Waals surface area contributed by atoms with Gasteiger partial charge in [0.15, 0.2) is 5.76 Å². The summed E-state index contributed by atoms with van der Waals surface area (Å²) >= 11 is 0. The van der Waals surface area contributed by atoms with Gasteiger partial charge in [-0.15, -0.1) is 0 Å². The summed E-state index contributed by atoms with van der Waals surface area (Å²) in [5.41, 5.74) is 1.61. The van der Waals surface area contributed by atoms with E-state index in [2.05, 4.69) is 5.32 Å². The zero-order chi connectivity index (χ0) is 16.2. The van der Waals surface area contributed by atoms with E-state index in [0.717, 1.165) is 24.1 Å². The van der Waals surface area contributed by atoms with Crippen LogP contribution >= 0.6 is 0 Å². The molecule has 1 aromatic carbocycles. The van der Waals surface area contributed by atoms with E-state index in [9.17, 15) is 9.59 Å². The summed E-state index contributed by atoms with van der Waals surface area (Å²) in [6, 6.07) is 11.2. The number of furan rings is 1. The van der Waals surface area contributed by atoms with Crippen molar-refractivity contribution in [1.29, 1.82) is 0 Å². The maximum atomic E-state index is 12.5. The smallest absolute Gasteiger partial charge is 0.289 e. The molecule has 0 radical (unpaired) electrons. The standard InChI is InChI=1S/C18H20N2O3/c1-13-9-11-23-16(13)18(22)20-10-5-6-14(12-20)17(21)19-15-7-3-2-4-8-15/h2-4,7-9,11,14H,5-6,10,12H2,1H3,(H,19,21). The summed E-state index contributed by atoms with van der Waals surface area (Å²) in [5, 5.41) is 2.92. The van der Waals surface area contributed by atoms with Gasteiger partial charge in [-0.3, -0.25) is 9.59 Å². The summed E-state index contributed by atoms with van der Waals surface area (Å²) in [6.07, 6.45) is 3.13. The lowest BCUT2D eigenvalue weighted by Crippen LogP contribution is -2.43. The SMILES string of the molecule is Cc1ccoc1C(=O)N1CCCC(C(=O)Nc2ccccc2)C1. The molecule has 1 atom stereocenters. The highest BCUT2D eigenvalue weighted by Crippen LogP contribution is 2.21. The van der Waals surface area contributed by atoms with E-state index in [-0.39, 0.29) is 17.7 Å². The maximum absolute atomic E-state index is 12.5. The van der Waals surface area contributed by atoms with Gasteiger partial charge >= 0.3 is 0 Å². The summed E-state index contributed by atoms with van der Waals surface area (Å²) in [4.78, 5) is 26.6. The van der Waals surface area contributed by atoms with E-state index in [0.29, 0.717) is 18.8 Å². The minimum atomic E-state index is -0.192. The molecule has 0 saturated carbocycles. The van der Waals surface area contributed by atoms with Crippen LogP contribution < -0.4 is 5.32 Å². The number of para-hydroxylation sites is 1. The zero-order valence-corrected chi connectivity index (χ0v) is 13.1. The van der Waals surface area contributed by atoms with Gasteiger partial charge in [0.1, 0.15) is 0 Å². The van der Waals surface area contributed by atoms with Crippen LogP contribution in [0.1, 0.15) is 29.0 Å². The van der Waals surface area contributed by atoms with Gasteiger partial charge in [-0.25, -0.2) is 0 Å². The lowest BCUT2D eigenvalue weighted by atomic mass is 9.96. The van der Waals surface area contributed by atoms with Gasteiger partial charge in [0, 0.05) is 24.3 Å². The molecule has 120 valence electrons. The van der Waals surface area contributed by atoms with Crippen LogP contribution in [0.2, 0.25) is 0 Å². The summed E-state index contributed by atoms with van der Waals surface area (Å²) in [6.45, 7) is 2.94. The maximum Gasteiger partial charge on any atom is 0.289 e. The molecule has 2 amide bonds. The number of amides is 2. The summed E-state index contributed by atoms with van der Waals surface area (Å²) < 4.78 is 5.28. The van der Waals surface area contributed by atoms with Crippen LogP contribution in [0.4, 0.5) is 5.69 Å². The van der Waals surface area contributed by atoms with E-state index in [4.69, 9.17) is 4.42 Å². The van der Waals surface area contributed by atoms with Crippen molar-refractivity contribution in [2.45, 2.75) is 19.8 Å². The normalized spacial score (nSPS) is 17.8. The number of carbonyl (C=O) groups is 2. The third-order valence-corrected chi connectivity index (χ3v) is 4.18. The van der Waals surface area contributed by atoms with Crippen molar-refractivity contribution in [1.82, 2.24) is 4.90 Å². The third kappa shape index (κ3) is 3.44. The Labute approximate surface area is 135 Å². The van der Waals surface area contributed by atoms with E-state index >= 15 is 0 Å². The molecule has 1 N–H and O–H groups in total. The third-order valence-electron chi connectivity index (χ3n) is 4.18. The topological polar surface area (TPSA) is 62.6 Å². The fourth-order valence-electron chi connectivity index (χ4n) is 2.88. The van der Waals surface area contributed by atoms with Crippen molar-refractivity contribution in [3.63, 3.8) is 0 Å². The first-order chi connectivity index (χ1) is 11.1. The molecule has 23 heavy (non-hydrogen) atoms. The average Bonchev–Trinajstić information content (AvgIpc) is 3.01. The minimum absolute atomic E-state index is 0.0372. The van der Waals surface area contributed by atoms with Crippen molar-refractivity contribution in [2.24, 2.45) is 5.92 Å². The van der Waals surface area contributed by atoms with Gasteiger partial charge in [-0.05, 0) is 38.0 Å². The molecule has 0 bridgehead atoms. The fraction of sp³-hybridized carbons (Fsp3) is 0.333. The number of hydrogen-bond donors (Lipinski definition) is 1. The number of nitrogens with zero attached hydrogens (tertiary/aromatic N) is 1. The molecule has 3 rings (SSSR count). The van der Waals surface area contributed by atoms with Gasteiger partial charge in [-0.1, -0.05) is 18.2 Å². The molecule has 1 unspecified atom stereocenters. The number of anilines is 1. The number of aryl methyl sites for hydroxylation is 1. The van der Waals surface area contributed by atoms with Crippen LogP contribution in [0.15, 0.2) is 47.1 Å². The number of piperidine rings is 1. The van der Waals surface area contributed by atoms with E-state index in [1.165, 1.54) is 6.26 Å². The lowest BCUT2D eigenvalue weighted by molar-refractivity contribution is -0.121. The summed E-state index contributed by atoms with van der Waals surface area (Å²) in [7, 11) is 0. The van der Waals surface area contributed by atoms with Crippen LogP contribution in [0.5, 0.6) is 0 Å². The average molecular weight is 312 g/mol. The molecule has 0 aliphatic carbocycles. The predicted octanol–water partition coefficient (Wildman–Crippen LogP) is 3.08. The second-order valence-corrected chi connectivity index (χ2v) is 5.88. The fourth-order valence-corrected chi connectivity index (χ4v) is 2.88. The van der Waals surface area contributed by atoms with E-state index < -0.39 is 0 Å². The summed E-state index contributed by atoms with van der Waals surface area (Å²) in [5.74, 6) is 0.00636. The highest BCUT2D eigenvalue weighted by atomic mass is 16.3. The van der Waals surface area contributed by atoms with Crippen LogP contribution in [0, 0.1) is 12.8 Å². The second kappa shape index (κ2) is 6.69. The first-order valence-corrected chi connectivity index (χ1v) is 7.84. The largest absolute Gasteiger partial charge is 0.459 e. The van der Waals surface area contributed by atoms with Crippen molar-refractivity contribution in [3.05, 3.63) is 54.0 Å². The Morgan fingerprint density at radius 3 is 2.70 bits per heavy atom. The molecule has 1 aromatic heterocycles. The van der Waals surface area contributed by atoms with Gasteiger partial charge in [0.25, 0.3) is 5.91 Å². The van der Waals surface area contributed by atoms with Crippen molar-refractivity contribution in [2.75, 3.05) is 18.4 Å². The molecular formula is C18H20N2O3. The Kier molecular flexibility index (Phi) is 4.46. The molecule has 2 aromatic rings. The first kappa shape index (κ1) is 15.3. The Balaban J connectivity index is 1.65. The Morgan fingerprint density at radius 1 is 1.22 bits per heavy atom. The van der Waals surface area contributed by atoms with Gasteiger partial charge in [0.05, 0.1) is 12.2 Å². The van der Waals surface area contributed by atoms with Crippen molar-refractivity contribution >= 4 is 17.5 Å². The molecule has 5 nitrogen and oxygen atoms in total. The number of benzene rings is 1. The Hall–Kier alpha value is -2.56. The van der Waals surface area contributed by atoms with Crippen LogP contribution in [0.3, 0.4) is 0 Å². The van der Waals surface area contributed by atoms with Crippen molar-refractivity contribution < 1.29 is 14.0 Å². The molecule has 1 fully saturated rings. The van der Waals surface area contributed by atoms with Crippen LogP contribution in [-0.4, -0.2) is 29.8 Å². The molecule has 0 spiro atoms. The Bertz CT molecular complexity index is 693. The molecule has 1 aliphatic heterocycles. The molecule has 2 heterocycles. The zero-order valence-electron chi connectivity index (χ0n) is 13.1. The number of nitrogens with one attached hydrogen (secondary N) is 1. The number of rotatable bonds is 3. The van der Waals surface area contributed by atoms with E-state index in [1.807, 2.05) is 37.3 Å². The first-order valence-electron chi connectivity index (χ1n) is 7.84. The predicted molar refractivity (Wildman–Crippen MR) is 87.1 cm³/mol. The molecular weight excluding hydrogens is 292 g/mol. The van der Waals surface area contributed by atoms with Crippen LogP contribution in [0.25, 0.3) is 0 Å². The highest BCUT2D eigenvalue weighted by molar-refractivity contribution is 5.95. The van der Waals surface area contributed by atoms with Crippen molar-refractivity contribution in [3.8, 4) is 0 Å². The molecule has 5 heteroatoms. The van der Waals surface area contributed by atoms with Gasteiger partial charge in [0.2, 0.25) is 5.91 Å². The lowest BCUT2D eigenvalue weighted by Gasteiger charge is -2.31. The second-order valence-electron chi connectivity index (χ2n) is 5.88. The molecule has 1 saturated heterocycles. The van der Waals surface area contributed by atoms with E-state index in [1.54, 1.807) is 11.0 Å². The number of carbonyl (C=O) groups excluding carboxylic acids is 2. The Morgan fingerprint density at radius 2 is 2.00 bits per heavy atom.